The Labute approximate surface area is 167 Å². The number of amides is 2. The summed E-state index contributed by atoms with van der Waals surface area (Å²) in [5.41, 5.74) is 1.90. The van der Waals surface area contributed by atoms with Gasteiger partial charge in [-0.25, -0.2) is 0 Å². The molecule has 3 rings (SSSR count). The average molecular weight is 412 g/mol. The highest BCUT2D eigenvalue weighted by Gasteiger charge is 2.27. The monoisotopic (exact) mass is 410 g/mol. The molecular formula is C19H17Cl3N2O2. The normalized spacial score (nSPS) is 14.5. The average Bonchev–Trinajstić information content (AvgIpc) is 2.61. The summed E-state index contributed by atoms with van der Waals surface area (Å²) in [4.78, 5) is 28.8. The lowest BCUT2D eigenvalue weighted by atomic mass is 10.1. The van der Waals surface area contributed by atoms with Crippen LogP contribution in [0.25, 0.3) is 0 Å². The predicted molar refractivity (Wildman–Crippen MR) is 104 cm³/mol. The van der Waals surface area contributed by atoms with Crippen molar-refractivity contribution in [3.8, 4) is 0 Å². The van der Waals surface area contributed by atoms with Gasteiger partial charge in [-0.05, 0) is 48.9 Å². The van der Waals surface area contributed by atoms with Gasteiger partial charge in [-0.15, -0.1) is 0 Å². The first-order valence-electron chi connectivity index (χ1n) is 8.16. The summed E-state index contributed by atoms with van der Waals surface area (Å²) >= 11 is 18.0. The van der Waals surface area contributed by atoms with Crippen molar-refractivity contribution < 1.29 is 9.59 Å². The SMILES string of the molecule is Cc1cc(Cl)ccc1C(=O)N1CCN(C(=O)c2ccc(Cl)cc2Cl)CC1. The van der Waals surface area contributed by atoms with E-state index < -0.39 is 0 Å². The van der Waals surface area contributed by atoms with E-state index in [1.54, 1.807) is 46.2 Å². The number of piperazine rings is 1. The molecule has 2 amide bonds. The van der Waals surface area contributed by atoms with Crippen molar-refractivity contribution in [2.24, 2.45) is 0 Å². The van der Waals surface area contributed by atoms with E-state index in [0.29, 0.717) is 52.4 Å². The summed E-state index contributed by atoms with van der Waals surface area (Å²) in [6.45, 7) is 3.71. The largest absolute Gasteiger partial charge is 0.335 e. The summed E-state index contributed by atoms with van der Waals surface area (Å²) in [5, 5.41) is 1.42. The molecule has 0 radical (unpaired) electrons. The molecule has 1 fully saturated rings. The Bertz CT molecular complexity index is 790. The van der Waals surface area contributed by atoms with E-state index in [9.17, 15) is 9.59 Å². The zero-order valence-electron chi connectivity index (χ0n) is 14.1. The molecular weight excluding hydrogens is 395 g/mol. The van der Waals surface area contributed by atoms with Crippen molar-refractivity contribution in [1.29, 1.82) is 0 Å². The molecule has 0 N–H and O–H groups in total. The molecule has 0 aromatic heterocycles. The standard InChI is InChI=1S/C19H17Cl3N2O2/c1-12-10-13(20)2-4-15(12)18(25)23-6-8-24(9-7-23)19(26)16-5-3-14(21)11-17(16)22/h2-5,10-11H,6-9H2,1H3. The minimum absolute atomic E-state index is 0.0456. The highest BCUT2D eigenvalue weighted by molar-refractivity contribution is 6.36. The maximum atomic E-state index is 12.7. The number of hydrogen-bond acceptors (Lipinski definition) is 2. The topological polar surface area (TPSA) is 40.6 Å². The number of halogens is 3. The molecule has 0 saturated carbocycles. The van der Waals surface area contributed by atoms with Crippen LogP contribution in [0.5, 0.6) is 0 Å². The Kier molecular flexibility index (Phi) is 5.76. The fourth-order valence-electron chi connectivity index (χ4n) is 2.98. The van der Waals surface area contributed by atoms with Crippen LogP contribution in [0.3, 0.4) is 0 Å². The van der Waals surface area contributed by atoms with Gasteiger partial charge in [0.15, 0.2) is 0 Å². The van der Waals surface area contributed by atoms with Gasteiger partial charge >= 0.3 is 0 Å². The molecule has 0 bridgehead atoms. The molecule has 4 nitrogen and oxygen atoms in total. The molecule has 1 heterocycles. The second-order valence-electron chi connectivity index (χ2n) is 6.17. The van der Waals surface area contributed by atoms with E-state index in [4.69, 9.17) is 34.8 Å². The van der Waals surface area contributed by atoms with Crippen LogP contribution in [0.4, 0.5) is 0 Å². The fraction of sp³-hybridized carbons (Fsp3) is 0.263. The van der Waals surface area contributed by atoms with Gasteiger partial charge in [0.25, 0.3) is 11.8 Å². The summed E-state index contributed by atoms with van der Waals surface area (Å²) in [7, 11) is 0. The minimum Gasteiger partial charge on any atom is -0.335 e. The first kappa shape index (κ1) is 19.0. The van der Waals surface area contributed by atoms with Gasteiger partial charge in [0.2, 0.25) is 0 Å². The fourth-order valence-corrected chi connectivity index (χ4v) is 3.70. The molecule has 0 atom stereocenters. The van der Waals surface area contributed by atoms with E-state index >= 15 is 0 Å². The molecule has 1 aliphatic rings. The van der Waals surface area contributed by atoms with Gasteiger partial charge in [-0.2, -0.15) is 0 Å². The number of hydrogen-bond donors (Lipinski definition) is 0. The van der Waals surface area contributed by atoms with Gasteiger partial charge in [0, 0.05) is 41.8 Å². The van der Waals surface area contributed by atoms with Crippen LogP contribution in [0.15, 0.2) is 36.4 Å². The second kappa shape index (κ2) is 7.87. The maximum Gasteiger partial charge on any atom is 0.255 e. The van der Waals surface area contributed by atoms with Crippen LogP contribution in [0.2, 0.25) is 15.1 Å². The quantitative estimate of drug-likeness (QED) is 0.727. The number of carbonyl (C=O) groups is 2. The molecule has 7 heteroatoms. The van der Waals surface area contributed by atoms with E-state index in [1.165, 1.54) is 0 Å². The van der Waals surface area contributed by atoms with Crippen LogP contribution in [-0.2, 0) is 0 Å². The highest BCUT2D eigenvalue weighted by atomic mass is 35.5. The Morgan fingerprint density at radius 2 is 1.23 bits per heavy atom. The number of benzene rings is 2. The number of carbonyl (C=O) groups excluding carboxylic acids is 2. The molecule has 2 aromatic carbocycles. The molecule has 1 saturated heterocycles. The first-order valence-corrected chi connectivity index (χ1v) is 9.30. The predicted octanol–water partition coefficient (Wildman–Crippen LogP) is 4.55. The van der Waals surface area contributed by atoms with Crippen LogP contribution >= 0.6 is 34.8 Å². The Hall–Kier alpha value is -1.75. The van der Waals surface area contributed by atoms with Crippen molar-refractivity contribution in [3.05, 3.63) is 68.2 Å². The molecule has 1 aliphatic heterocycles. The third kappa shape index (κ3) is 3.98. The molecule has 0 aliphatic carbocycles. The smallest absolute Gasteiger partial charge is 0.255 e. The number of aryl methyl sites for hydroxylation is 1. The van der Waals surface area contributed by atoms with Crippen LogP contribution in [0.1, 0.15) is 26.3 Å². The van der Waals surface area contributed by atoms with Crippen molar-refractivity contribution in [3.63, 3.8) is 0 Å². The van der Waals surface area contributed by atoms with Gasteiger partial charge in [-0.3, -0.25) is 9.59 Å². The van der Waals surface area contributed by atoms with Crippen LogP contribution in [0, 0.1) is 6.92 Å². The van der Waals surface area contributed by atoms with E-state index in [2.05, 4.69) is 0 Å². The lowest BCUT2D eigenvalue weighted by molar-refractivity contribution is 0.0535. The van der Waals surface area contributed by atoms with Crippen molar-refractivity contribution in [2.75, 3.05) is 26.2 Å². The Morgan fingerprint density at radius 3 is 1.73 bits per heavy atom. The highest BCUT2D eigenvalue weighted by Crippen LogP contribution is 2.23. The minimum atomic E-state index is -0.151. The molecule has 0 unspecified atom stereocenters. The lowest BCUT2D eigenvalue weighted by Gasteiger charge is -2.35. The van der Waals surface area contributed by atoms with Crippen LogP contribution in [-0.4, -0.2) is 47.8 Å². The van der Waals surface area contributed by atoms with Gasteiger partial charge in [-0.1, -0.05) is 34.8 Å². The zero-order valence-corrected chi connectivity index (χ0v) is 16.4. The first-order chi connectivity index (χ1) is 12.4. The van der Waals surface area contributed by atoms with Crippen LogP contribution < -0.4 is 0 Å². The summed E-state index contributed by atoms with van der Waals surface area (Å²) in [6, 6.07) is 10.1. The van der Waals surface area contributed by atoms with Crippen molar-refractivity contribution in [2.45, 2.75) is 6.92 Å². The summed E-state index contributed by atoms with van der Waals surface area (Å²) < 4.78 is 0. The summed E-state index contributed by atoms with van der Waals surface area (Å²) in [6.07, 6.45) is 0. The number of rotatable bonds is 2. The molecule has 0 spiro atoms. The zero-order chi connectivity index (χ0) is 18.8. The molecule has 2 aromatic rings. The number of nitrogens with zero attached hydrogens (tertiary/aromatic N) is 2. The molecule has 136 valence electrons. The van der Waals surface area contributed by atoms with Gasteiger partial charge in [0.05, 0.1) is 10.6 Å². The maximum absolute atomic E-state index is 12.7. The van der Waals surface area contributed by atoms with Gasteiger partial charge in [0.1, 0.15) is 0 Å². The van der Waals surface area contributed by atoms with Crippen molar-refractivity contribution >= 4 is 46.6 Å². The Morgan fingerprint density at radius 1 is 0.769 bits per heavy atom. The third-order valence-electron chi connectivity index (χ3n) is 4.43. The van der Waals surface area contributed by atoms with Crippen molar-refractivity contribution in [1.82, 2.24) is 9.80 Å². The summed E-state index contributed by atoms with van der Waals surface area (Å²) in [5.74, 6) is -0.197. The second-order valence-corrected chi connectivity index (χ2v) is 7.45. The third-order valence-corrected chi connectivity index (χ3v) is 5.22. The Balaban J connectivity index is 1.67. The van der Waals surface area contributed by atoms with E-state index in [1.807, 2.05) is 6.92 Å². The van der Waals surface area contributed by atoms with E-state index in [0.717, 1.165) is 5.56 Å². The van der Waals surface area contributed by atoms with Gasteiger partial charge < -0.3 is 9.80 Å². The van der Waals surface area contributed by atoms with E-state index in [-0.39, 0.29) is 11.8 Å². The lowest BCUT2D eigenvalue weighted by Crippen LogP contribution is -2.50. The molecule has 26 heavy (non-hydrogen) atoms.